The summed E-state index contributed by atoms with van der Waals surface area (Å²) in [7, 11) is 0. The molecule has 0 spiro atoms. The second-order valence-corrected chi connectivity index (χ2v) is 6.00. The van der Waals surface area contributed by atoms with Crippen molar-refractivity contribution in [2.75, 3.05) is 0 Å². The Morgan fingerprint density at radius 3 is 2.61 bits per heavy atom. The maximum atomic E-state index is 10.5. The molecule has 1 heterocycles. The van der Waals surface area contributed by atoms with Gasteiger partial charge in [-0.3, -0.25) is 4.79 Å². The van der Waals surface area contributed by atoms with Gasteiger partial charge in [-0.1, -0.05) is 32.1 Å². The highest BCUT2D eigenvalue weighted by molar-refractivity contribution is 7.09. The molecule has 1 N–H and O–H groups in total. The predicted molar refractivity (Wildman–Crippen MR) is 73.1 cm³/mol. The number of thiazole rings is 1. The van der Waals surface area contributed by atoms with Crippen LogP contribution in [0.4, 0.5) is 0 Å². The zero-order chi connectivity index (χ0) is 12.8. The van der Waals surface area contributed by atoms with Crippen LogP contribution in [0.3, 0.4) is 0 Å². The van der Waals surface area contributed by atoms with Crippen LogP contribution in [0.2, 0.25) is 0 Å². The molecule has 100 valence electrons. The molecule has 1 aliphatic carbocycles. The largest absolute Gasteiger partial charge is 0.481 e. The average molecular weight is 267 g/mol. The van der Waals surface area contributed by atoms with Crippen molar-refractivity contribution in [1.29, 1.82) is 0 Å². The first kappa shape index (κ1) is 13.5. The molecule has 1 aromatic rings. The summed E-state index contributed by atoms with van der Waals surface area (Å²) in [5.41, 5.74) is 0.958. The van der Waals surface area contributed by atoms with E-state index in [0.717, 1.165) is 5.69 Å². The summed E-state index contributed by atoms with van der Waals surface area (Å²) in [4.78, 5) is 15.2. The van der Waals surface area contributed by atoms with E-state index in [-0.39, 0.29) is 6.42 Å². The second-order valence-electron chi connectivity index (χ2n) is 5.11. The third-order valence-electron chi connectivity index (χ3n) is 3.62. The topological polar surface area (TPSA) is 50.2 Å². The Hall–Kier alpha value is -0.900. The van der Waals surface area contributed by atoms with Crippen molar-refractivity contribution in [2.45, 2.75) is 63.7 Å². The zero-order valence-corrected chi connectivity index (χ0v) is 11.5. The molecule has 18 heavy (non-hydrogen) atoms. The van der Waals surface area contributed by atoms with E-state index < -0.39 is 5.97 Å². The van der Waals surface area contributed by atoms with Crippen LogP contribution < -0.4 is 0 Å². The van der Waals surface area contributed by atoms with Crippen LogP contribution in [-0.4, -0.2) is 16.1 Å². The molecule has 0 amide bonds. The summed E-state index contributed by atoms with van der Waals surface area (Å²) in [6.45, 7) is 0. The highest BCUT2D eigenvalue weighted by Gasteiger charge is 2.17. The number of carboxylic acid groups (broad SMARTS) is 1. The smallest absolute Gasteiger partial charge is 0.303 e. The highest BCUT2D eigenvalue weighted by Crippen LogP contribution is 2.32. The maximum Gasteiger partial charge on any atom is 0.303 e. The van der Waals surface area contributed by atoms with Gasteiger partial charge in [-0.05, 0) is 12.8 Å². The van der Waals surface area contributed by atoms with Crippen LogP contribution in [-0.2, 0) is 11.2 Å². The Morgan fingerprint density at radius 1 is 1.28 bits per heavy atom. The first-order valence-corrected chi connectivity index (χ1v) is 7.80. The monoisotopic (exact) mass is 267 g/mol. The Labute approximate surface area is 112 Å². The van der Waals surface area contributed by atoms with Gasteiger partial charge < -0.3 is 5.11 Å². The summed E-state index contributed by atoms with van der Waals surface area (Å²) in [5, 5.41) is 11.9. The Balaban J connectivity index is 1.92. The number of hydrogen-bond acceptors (Lipinski definition) is 3. The normalized spacial score (nSPS) is 18.2. The fourth-order valence-electron chi connectivity index (χ4n) is 2.56. The summed E-state index contributed by atoms with van der Waals surface area (Å²) < 4.78 is 0. The van der Waals surface area contributed by atoms with Gasteiger partial charge in [0.2, 0.25) is 0 Å². The molecular formula is C14H21NO2S. The Morgan fingerprint density at radius 2 is 1.94 bits per heavy atom. The lowest BCUT2D eigenvalue weighted by Crippen LogP contribution is -2.03. The molecule has 0 aromatic carbocycles. The molecule has 3 nitrogen and oxygen atoms in total. The Kier molecular flexibility index (Phi) is 5.17. The van der Waals surface area contributed by atoms with E-state index >= 15 is 0 Å². The van der Waals surface area contributed by atoms with Crippen LogP contribution in [0.1, 0.15) is 68.0 Å². The molecule has 0 unspecified atom stereocenters. The van der Waals surface area contributed by atoms with Gasteiger partial charge in [-0.25, -0.2) is 4.98 Å². The SMILES string of the molecule is O=C(O)CCc1csc(C2CCCCCCC2)n1. The number of aromatic nitrogens is 1. The minimum Gasteiger partial charge on any atom is -0.481 e. The molecule has 1 aliphatic rings. The van der Waals surface area contributed by atoms with Gasteiger partial charge in [0.25, 0.3) is 0 Å². The molecule has 1 aromatic heterocycles. The molecule has 2 rings (SSSR count). The number of aliphatic carboxylic acids is 1. The van der Waals surface area contributed by atoms with Crippen molar-refractivity contribution in [1.82, 2.24) is 4.98 Å². The summed E-state index contributed by atoms with van der Waals surface area (Å²) in [6.07, 6.45) is 9.99. The van der Waals surface area contributed by atoms with Crippen molar-refractivity contribution >= 4 is 17.3 Å². The van der Waals surface area contributed by atoms with Gasteiger partial charge in [-0.15, -0.1) is 11.3 Å². The predicted octanol–water partition coefficient (Wildman–Crippen LogP) is 3.99. The van der Waals surface area contributed by atoms with Crippen molar-refractivity contribution in [3.05, 3.63) is 16.1 Å². The number of rotatable bonds is 4. The minimum absolute atomic E-state index is 0.188. The van der Waals surface area contributed by atoms with Gasteiger partial charge in [0.15, 0.2) is 0 Å². The van der Waals surface area contributed by atoms with E-state index in [0.29, 0.717) is 12.3 Å². The third kappa shape index (κ3) is 4.09. The van der Waals surface area contributed by atoms with Crippen LogP contribution in [0.25, 0.3) is 0 Å². The number of hydrogen-bond donors (Lipinski definition) is 1. The van der Waals surface area contributed by atoms with Crippen LogP contribution in [0, 0.1) is 0 Å². The summed E-state index contributed by atoms with van der Waals surface area (Å²) >= 11 is 1.72. The van der Waals surface area contributed by atoms with Gasteiger partial charge in [0, 0.05) is 17.7 Å². The molecule has 0 atom stereocenters. The minimum atomic E-state index is -0.740. The average Bonchev–Trinajstić information content (AvgIpc) is 2.74. The second kappa shape index (κ2) is 6.88. The van der Waals surface area contributed by atoms with Crippen LogP contribution in [0.15, 0.2) is 5.38 Å². The lowest BCUT2D eigenvalue weighted by molar-refractivity contribution is -0.136. The molecule has 1 saturated carbocycles. The van der Waals surface area contributed by atoms with Crippen molar-refractivity contribution < 1.29 is 9.90 Å². The van der Waals surface area contributed by atoms with Crippen LogP contribution >= 0.6 is 11.3 Å². The highest BCUT2D eigenvalue weighted by atomic mass is 32.1. The van der Waals surface area contributed by atoms with E-state index in [1.54, 1.807) is 11.3 Å². The molecule has 0 bridgehead atoms. The van der Waals surface area contributed by atoms with E-state index in [2.05, 4.69) is 4.98 Å². The molecule has 4 heteroatoms. The summed E-state index contributed by atoms with van der Waals surface area (Å²) in [6, 6.07) is 0. The molecular weight excluding hydrogens is 246 g/mol. The van der Waals surface area contributed by atoms with Crippen molar-refractivity contribution in [2.24, 2.45) is 0 Å². The van der Waals surface area contributed by atoms with Crippen molar-refractivity contribution in [3.63, 3.8) is 0 Å². The lowest BCUT2D eigenvalue weighted by Gasteiger charge is -2.17. The Bertz CT molecular complexity index is 381. The van der Waals surface area contributed by atoms with Gasteiger partial charge in [-0.2, -0.15) is 0 Å². The van der Waals surface area contributed by atoms with Gasteiger partial charge in [0.1, 0.15) is 0 Å². The quantitative estimate of drug-likeness (QED) is 0.897. The lowest BCUT2D eigenvalue weighted by atomic mass is 9.92. The number of carbonyl (C=O) groups is 1. The fraction of sp³-hybridized carbons (Fsp3) is 0.714. The van der Waals surface area contributed by atoms with Gasteiger partial charge in [0.05, 0.1) is 17.1 Å². The maximum absolute atomic E-state index is 10.5. The van der Waals surface area contributed by atoms with Crippen LogP contribution in [0.5, 0.6) is 0 Å². The first-order chi connectivity index (χ1) is 8.75. The third-order valence-corrected chi connectivity index (χ3v) is 4.67. The zero-order valence-electron chi connectivity index (χ0n) is 10.7. The summed E-state index contributed by atoms with van der Waals surface area (Å²) in [5.74, 6) is -0.121. The number of aryl methyl sites for hydroxylation is 1. The van der Waals surface area contributed by atoms with Gasteiger partial charge >= 0.3 is 5.97 Å². The van der Waals surface area contributed by atoms with E-state index in [4.69, 9.17) is 5.11 Å². The van der Waals surface area contributed by atoms with E-state index in [9.17, 15) is 4.79 Å². The standard InChI is InChI=1S/C14H21NO2S/c16-13(17)9-8-12-10-18-14(15-12)11-6-4-2-1-3-5-7-11/h10-11H,1-9H2,(H,16,17). The molecule has 0 radical (unpaired) electrons. The number of carboxylic acids is 1. The fourth-order valence-corrected chi connectivity index (χ4v) is 3.59. The van der Waals surface area contributed by atoms with E-state index in [1.807, 2.05) is 5.38 Å². The van der Waals surface area contributed by atoms with Crippen molar-refractivity contribution in [3.8, 4) is 0 Å². The first-order valence-electron chi connectivity index (χ1n) is 6.92. The van der Waals surface area contributed by atoms with E-state index in [1.165, 1.54) is 50.0 Å². The number of nitrogens with zero attached hydrogens (tertiary/aromatic N) is 1. The molecule has 0 aliphatic heterocycles. The molecule has 0 saturated heterocycles. The molecule has 1 fully saturated rings.